The Kier molecular flexibility index (Phi) is 4.23. The standard InChI is InChI=1S/C13H19NO3/c1-3-17-13-6-10(4-5-12(13)15-2)7-14-11-8-16-9-11/h4-6,11,14H,3,7-9H2,1-2H3. The van der Waals surface area contributed by atoms with Crippen LogP contribution in [-0.2, 0) is 11.3 Å². The van der Waals surface area contributed by atoms with Gasteiger partial charge in [0.2, 0.25) is 0 Å². The molecule has 1 aliphatic rings. The lowest BCUT2D eigenvalue weighted by Crippen LogP contribution is -2.45. The normalized spacial score (nSPS) is 15.4. The van der Waals surface area contributed by atoms with E-state index in [9.17, 15) is 0 Å². The Bertz CT molecular complexity index is 364. The van der Waals surface area contributed by atoms with E-state index in [0.717, 1.165) is 31.3 Å². The number of ether oxygens (including phenoxy) is 3. The lowest BCUT2D eigenvalue weighted by Gasteiger charge is -2.27. The molecule has 1 aromatic rings. The summed E-state index contributed by atoms with van der Waals surface area (Å²) in [4.78, 5) is 0. The maximum atomic E-state index is 5.54. The SMILES string of the molecule is CCOc1cc(CNC2COC2)ccc1OC. The third-order valence-corrected chi connectivity index (χ3v) is 2.76. The third-order valence-electron chi connectivity index (χ3n) is 2.76. The maximum absolute atomic E-state index is 5.54. The molecule has 0 saturated carbocycles. The van der Waals surface area contributed by atoms with Gasteiger partial charge in [0, 0.05) is 6.54 Å². The van der Waals surface area contributed by atoms with E-state index in [0.29, 0.717) is 12.6 Å². The molecule has 0 radical (unpaired) electrons. The molecular weight excluding hydrogens is 218 g/mol. The highest BCUT2D eigenvalue weighted by Crippen LogP contribution is 2.28. The number of nitrogens with one attached hydrogen (secondary N) is 1. The summed E-state index contributed by atoms with van der Waals surface area (Å²) in [5, 5.41) is 3.42. The molecule has 0 atom stereocenters. The van der Waals surface area contributed by atoms with Gasteiger partial charge >= 0.3 is 0 Å². The summed E-state index contributed by atoms with van der Waals surface area (Å²) in [5.74, 6) is 1.58. The van der Waals surface area contributed by atoms with E-state index in [1.165, 1.54) is 5.56 Å². The monoisotopic (exact) mass is 237 g/mol. The molecule has 1 fully saturated rings. The summed E-state index contributed by atoms with van der Waals surface area (Å²) < 4.78 is 15.9. The fraction of sp³-hybridized carbons (Fsp3) is 0.538. The highest BCUT2D eigenvalue weighted by atomic mass is 16.5. The van der Waals surface area contributed by atoms with Gasteiger partial charge in [0.05, 0.1) is 33.0 Å². The van der Waals surface area contributed by atoms with Crippen LogP contribution in [0.3, 0.4) is 0 Å². The quantitative estimate of drug-likeness (QED) is 0.815. The van der Waals surface area contributed by atoms with Gasteiger partial charge in [0.25, 0.3) is 0 Å². The second-order valence-corrected chi connectivity index (χ2v) is 4.03. The highest BCUT2D eigenvalue weighted by Gasteiger charge is 2.17. The van der Waals surface area contributed by atoms with Gasteiger partial charge < -0.3 is 19.5 Å². The average molecular weight is 237 g/mol. The molecule has 0 amide bonds. The summed E-state index contributed by atoms with van der Waals surface area (Å²) >= 11 is 0. The second-order valence-electron chi connectivity index (χ2n) is 4.03. The number of rotatable bonds is 6. The van der Waals surface area contributed by atoms with E-state index in [-0.39, 0.29) is 0 Å². The zero-order chi connectivity index (χ0) is 12.1. The number of methoxy groups -OCH3 is 1. The van der Waals surface area contributed by atoms with Crippen LogP contribution in [0, 0.1) is 0 Å². The lowest BCUT2D eigenvalue weighted by atomic mass is 10.1. The molecule has 0 bridgehead atoms. The van der Waals surface area contributed by atoms with Crippen LogP contribution in [0.15, 0.2) is 18.2 Å². The summed E-state index contributed by atoms with van der Waals surface area (Å²) in [6.07, 6.45) is 0. The Balaban J connectivity index is 1.98. The topological polar surface area (TPSA) is 39.7 Å². The number of benzene rings is 1. The summed E-state index contributed by atoms with van der Waals surface area (Å²) in [5.41, 5.74) is 1.20. The number of hydrogen-bond donors (Lipinski definition) is 1. The Morgan fingerprint density at radius 3 is 2.76 bits per heavy atom. The van der Waals surface area contributed by atoms with Gasteiger partial charge in [0.1, 0.15) is 0 Å². The Labute approximate surface area is 102 Å². The minimum atomic E-state index is 0.493. The van der Waals surface area contributed by atoms with E-state index < -0.39 is 0 Å². The number of hydrogen-bond acceptors (Lipinski definition) is 4. The molecule has 1 heterocycles. The molecule has 2 rings (SSSR count). The van der Waals surface area contributed by atoms with Crippen molar-refractivity contribution in [2.75, 3.05) is 26.9 Å². The van der Waals surface area contributed by atoms with Crippen LogP contribution in [0.4, 0.5) is 0 Å². The van der Waals surface area contributed by atoms with Crippen molar-refractivity contribution >= 4 is 0 Å². The molecule has 4 nitrogen and oxygen atoms in total. The van der Waals surface area contributed by atoms with E-state index in [1.807, 2.05) is 25.1 Å². The predicted molar refractivity (Wildman–Crippen MR) is 65.6 cm³/mol. The van der Waals surface area contributed by atoms with Crippen molar-refractivity contribution in [1.82, 2.24) is 5.32 Å². The lowest BCUT2D eigenvalue weighted by molar-refractivity contribution is -0.00579. The van der Waals surface area contributed by atoms with Crippen molar-refractivity contribution in [2.45, 2.75) is 19.5 Å². The predicted octanol–water partition coefficient (Wildman–Crippen LogP) is 1.58. The first kappa shape index (κ1) is 12.2. The molecule has 94 valence electrons. The fourth-order valence-electron chi connectivity index (χ4n) is 1.72. The molecule has 4 heteroatoms. The first-order valence-corrected chi connectivity index (χ1v) is 5.94. The minimum Gasteiger partial charge on any atom is -0.493 e. The van der Waals surface area contributed by atoms with Crippen molar-refractivity contribution in [1.29, 1.82) is 0 Å². The van der Waals surface area contributed by atoms with E-state index in [1.54, 1.807) is 7.11 Å². The first-order valence-electron chi connectivity index (χ1n) is 5.94. The van der Waals surface area contributed by atoms with Crippen LogP contribution in [0.25, 0.3) is 0 Å². The molecule has 1 aromatic carbocycles. The van der Waals surface area contributed by atoms with Crippen molar-refractivity contribution in [2.24, 2.45) is 0 Å². The molecule has 1 saturated heterocycles. The zero-order valence-electron chi connectivity index (χ0n) is 10.4. The molecule has 0 unspecified atom stereocenters. The van der Waals surface area contributed by atoms with Gasteiger partial charge in [-0.05, 0) is 24.6 Å². The van der Waals surface area contributed by atoms with Crippen LogP contribution in [-0.4, -0.2) is 33.0 Å². The molecular formula is C13H19NO3. The molecule has 0 spiro atoms. The van der Waals surface area contributed by atoms with Gasteiger partial charge in [0.15, 0.2) is 11.5 Å². The second kappa shape index (κ2) is 5.89. The van der Waals surface area contributed by atoms with Gasteiger partial charge in [-0.25, -0.2) is 0 Å². The summed E-state index contributed by atoms with van der Waals surface area (Å²) in [6, 6.07) is 6.51. The van der Waals surface area contributed by atoms with E-state index in [2.05, 4.69) is 5.32 Å². The summed E-state index contributed by atoms with van der Waals surface area (Å²) in [7, 11) is 1.65. The first-order chi connectivity index (χ1) is 8.33. The Hall–Kier alpha value is -1.26. The van der Waals surface area contributed by atoms with Gasteiger partial charge in [-0.3, -0.25) is 0 Å². The molecule has 1 aliphatic heterocycles. The molecule has 0 aromatic heterocycles. The Morgan fingerprint density at radius 2 is 2.18 bits per heavy atom. The van der Waals surface area contributed by atoms with Crippen molar-refractivity contribution in [3.8, 4) is 11.5 Å². The van der Waals surface area contributed by atoms with Crippen LogP contribution in [0.1, 0.15) is 12.5 Å². The molecule has 17 heavy (non-hydrogen) atoms. The van der Waals surface area contributed by atoms with E-state index >= 15 is 0 Å². The van der Waals surface area contributed by atoms with Crippen LogP contribution < -0.4 is 14.8 Å². The van der Waals surface area contributed by atoms with Gasteiger partial charge in [-0.2, -0.15) is 0 Å². The third kappa shape index (κ3) is 3.11. The van der Waals surface area contributed by atoms with Crippen molar-refractivity contribution in [3.63, 3.8) is 0 Å². The summed E-state index contributed by atoms with van der Waals surface area (Å²) in [6.45, 7) is 5.07. The smallest absolute Gasteiger partial charge is 0.161 e. The zero-order valence-corrected chi connectivity index (χ0v) is 10.4. The van der Waals surface area contributed by atoms with E-state index in [4.69, 9.17) is 14.2 Å². The van der Waals surface area contributed by atoms with Crippen LogP contribution >= 0.6 is 0 Å². The van der Waals surface area contributed by atoms with Crippen LogP contribution in [0.5, 0.6) is 11.5 Å². The highest BCUT2D eigenvalue weighted by molar-refractivity contribution is 5.42. The molecule has 0 aliphatic carbocycles. The van der Waals surface area contributed by atoms with Gasteiger partial charge in [-0.15, -0.1) is 0 Å². The largest absolute Gasteiger partial charge is 0.493 e. The maximum Gasteiger partial charge on any atom is 0.161 e. The Morgan fingerprint density at radius 1 is 1.35 bits per heavy atom. The average Bonchev–Trinajstić information content (AvgIpc) is 2.28. The molecule has 1 N–H and O–H groups in total. The van der Waals surface area contributed by atoms with Crippen molar-refractivity contribution < 1.29 is 14.2 Å². The van der Waals surface area contributed by atoms with Gasteiger partial charge in [-0.1, -0.05) is 6.07 Å². The van der Waals surface area contributed by atoms with Crippen LogP contribution in [0.2, 0.25) is 0 Å². The van der Waals surface area contributed by atoms with Crippen molar-refractivity contribution in [3.05, 3.63) is 23.8 Å². The fourth-order valence-corrected chi connectivity index (χ4v) is 1.72. The minimum absolute atomic E-state index is 0.493.